The maximum Gasteiger partial charge on any atom is 0.387 e. The van der Waals surface area contributed by atoms with Crippen LogP contribution in [0.3, 0.4) is 0 Å². The third kappa shape index (κ3) is 3.45. The van der Waals surface area contributed by atoms with Crippen LogP contribution in [0.1, 0.15) is 19.3 Å². The summed E-state index contributed by atoms with van der Waals surface area (Å²) in [6, 6.07) is 2.15. The van der Waals surface area contributed by atoms with E-state index in [0.29, 0.717) is 12.2 Å². The summed E-state index contributed by atoms with van der Waals surface area (Å²) in [6.07, 6.45) is 3.47. The first-order chi connectivity index (χ1) is 8.56. The van der Waals surface area contributed by atoms with Crippen LogP contribution in [-0.2, 0) is 0 Å². The molecule has 1 aliphatic carbocycles. The van der Waals surface area contributed by atoms with E-state index >= 15 is 0 Å². The number of hydrogen-bond acceptors (Lipinski definition) is 3. The lowest BCUT2D eigenvalue weighted by Crippen LogP contribution is -2.08. The minimum absolute atomic E-state index is 0.185. The molecule has 2 rings (SSSR count). The first-order valence-corrected chi connectivity index (χ1v) is 5.84. The van der Waals surface area contributed by atoms with Crippen molar-refractivity contribution in [2.75, 3.05) is 17.6 Å². The van der Waals surface area contributed by atoms with Crippen molar-refractivity contribution < 1.29 is 17.9 Å². The van der Waals surface area contributed by atoms with E-state index in [2.05, 4.69) is 10.1 Å². The summed E-state index contributed by atoms with van der Waals surface area (Å²) in [4.78, 5) is 0. The maximum absolute atomic E-state index is 13.3. The van der Waals surface area contributed by atoms with Crippen molar-refractivity contribution in [3.63, 3.8) is 0 Å². The van der Waals surface area contributed by atoms with Gasteiger partial charge in [-0.2, -0.15) is 8.78 Å². The molecule has 6 heteroatoms. The van der Waals surface area contributed by atoms with E-state index in [0.717, 1.165) is 18.4 Å². The Morgan fingerprint density at radius 2 is 2.11 bits per heavy atom. The SMILES string of the molecule is Nc1cc(F)c(OC(F)F)cc1NCCC1CC1. The highest BCUT2D eigenvalue weighted by molar-refractivity contribution is 5.68. The lowest BCUT2D eigenvalue weighted by Gasteiger charge is -2.12. The molecule has 100 valence electrons. The van der Waals surface area contributed by atoms with Gasteiger partial charge in [-0.1, -0.05) is 12.8 Å². The highest BCUT2D eigenvalue weighted by Gasteiger charge is 2.20. The minimum atomic E-state index is -3.05. The Morgan fingerprint density at radius 1 is 1.39 bits per heavy atom. The van der Waals surface area contributed by atoms with Crippen LogP contribution in [-0.4, -0.2) is 13.2 Å². The van der Waals surface area contributed by atoms with Crippen molar-refractivity contribution in [1.82, 2.24) is 0 Å². The summed E-state index contributed by atoms with van der Waals surface area (Å²) in [5, 5.41) is 3.01. The van der Waals surface area contributed by atoms with Gasteiger partial charge in [-0.3, -0.25) is 0 Å². The zero-order valence-corrected chi connectivity index (χ0v) is 9.76. The molecule has 0 amide bonds. The smallest absolute Gasteiger partial charge is 0.387 e. The highest BCUT2D eigenvalue weighted by Crippen LogP contribution is 2.33. The largest absolute Gasteiger partial charge is 0.432 e. The molecular formula is C12H15F3N2O. The third-order valence-corrected chi connectivity index (χ3v) is 2.89. The molecule has 1 aromatic carbocycles. The van der Waals surface area contributed by atoms with Crippen LogP contribution in [0.15, 0.2) is 12.1 Å². The van der Waals surface area contributed by atoms with Crippen molar-refractivity contribution >= 4 is 11.4 Å². The Bertz CT molecular complexity index is 422. The molecule has 3 nitrogen and oxygen atoms in total. The Hall–Kier alpha value is -1.59. The summed E-state index contributed by atoms with van der Waals surface area (Å²) in [5.74, 6) is -0.635. The molecular weight excluding hydrogens is 245 g/mol. The predicted molar refractivity (Wildman–Crippen MR) is 63.3 cm³/mol. The number of halogens is 3. The maximum atomic E-state index is 13.3. The average Bonchev–Trinajstić information content (AvgIpc) is 3.08. The fourth-order valence-corrected chi connectivity index (χ4v) is 1.73. The van der Waals surface area contributed by atoms with Crippen LogP contribution in [0.25, 0.3) is 0 Å². The quantitative estimate of drug-likeness (QED) is 0.772. The predicted octanol–water partition coefficient (Wildman–Crippen LogP) is 3.22. The van der Waals surface area contributed by atoms with E-state index in [9.17, 15) is 13.2 Å². The van der Waals surface area contributed by atoms with Crippen LogP contribution in [0.5, 0.6) is 5.75 Å². The Balaban J connectivity index is 2.02. The van der Waals surface area contributed by atoms with Gasteiger partial charge in [-0.15, -0.1) is 0 Å². The number of nitrogens with one attached hydrogen (secondary N) is 1. The molecule has 0 aromatic heterocycles. The number of ether oxygens (including phenoxy) is 1. The van der Waals surface area contributed by atoms with E-state index in [1.54, 1.807) is 0 Å². The number of rotatable bonds is 6. The molecule has 1 saturated carbocycles. The third-order valence-electron chi connectivity index (χ3n) is 2.89. The van der Waals surface area contributed by atoms with Crippen LogP contribution in [0.4, 0.5) is 24.5 Å². The number of anilines is 2. The summed E-state index contributed by atoms with van der Waals surface area (Å²) in [6.45, 7) is -2.36. The topological polar surface area (TPSA) is 47.3 Å². The summed E-state index contributed by atoms with van der Waals surface area (Å²) in [5.41, 5.74) is 6.22. The molecule has 0 unspecified atom stereocenters. The number of hydrogen-bond donors (Lipinski definition) is 2. The van der Waals surface area contributed by atoms with Gasteiger partial charge < -0.3 is 15.8 Å². The van der Waals surface area contributed by atoms with Gasteiger partial charge >= 0.3 is 6.61 Å². The van der Waals surface area contributed by atoms with Gasteiger partial charge in [0.15, 0.2) is 11.6 Å². The standard InChI is InChI=1S/C12H15F3N2O/c13-8-5-9(16)10(6-11(8)18-12(14)15)17-4-3-7-1-2-7/h5-7,12,17H,1-4,16H2. The molecule has 0 bridgehead atoms. The van der Waals surface area contributed by atoms with Crippen LogP contribution in [0.2, 0.25) is 0 Å². The molecule has 0 saturated heterocycles. The van der Waals surface area contributed by atoms with Gasteiger partial charge in [-0.25, -0.2) is 4.39 Å². The van der Waals surface area contributed by atoms with Gasteiger partial charge in [0.25, 0.3) is 0 Å². The molecule has 0 radical (unpaired) electrons. The molecule has 0 atom stereocenters. The van der Waals surface area contributed by atoms with E-state index in [-0.39, 0.29) is 5.69 Å². The van der Waals surface area contributed by atoms with Crippen molar-refractivity contribution in [3.8, 4) is 5.75 Å². The van der Waals surface area contributed by atoms with Crippen molar-refractivity contribution in [3.05, 3.63) is 17.9 Å². The normalized spacial score (nSPS) is 14.9. The Labute approximate surface area is 103 Å². The molecule has 0 aliphatic heterocycles. The van der Waals surface area contributed by atoms with Gasteiger partial charge in [0.05, 0.1) is 11.4 Å². The molecule has 18 heavy (non-hydrogen) atoms. The first kappa shape index (κ1) is 12.9. The highest BCUT2D eigenvalue weighted by atomic mass is 19.3. The fourth-order valence-electron chi connectivity index (χ4n) is 1.73. The van der Waals surface area contributed by atoms with E-state index in [4.69, 9.17) is 5.73 Å². The lowest BCUT2D eigenvalue weighted by atomic mass is 10.2. The second kappa shape index (κ2) is 5.37. The monoisotopic (exact) mass is 260 g/mol. The second-order valence-corrected chi connectivity index (χ2v) is 4.41. The molecule has 1 aliphatic rings. The zero-order valence-electron chi connectivity index (χ0n) is 9.76. The molecule has 1 fully saturated rings. The molecule has 0 spiro atoms. The van der Waals surface area contributed by atoms with Gasteiger partial charge in [0.2, 0.25) is 0 Å². The Morgan fingerprint density at radius 3 is 2.72 bits per heavy atom. The molecule has 0 heterocycles. The number of benzene rings is 1. The Kier molecular flexibility index (Phi) is 3.84. The average molecular weight is 260 g/mol. The summed E-state index contributed by atoms with van der Waals surface area (Å²) < 4.78 is 41.5. The number of nitrogens with two attached hydrogens (primary N) is 1. The van der Waals surface area contributed by atoms with E-state index < -0.39 is 18.2 Å². The lowest BCUT2D eigenvalue weighted by molar-refractivity contribution is -0.0521. The van der Waals surface area contributed by atoms with Gasteiger partial charge in [-0.05, 0) is 12.3 Å². The number of alkyl halides is 2. The van der Waals surface area contributed by atoms with Crippen LogP contribution < -0.4 is 15.8 Å². The molecule has 3 N–H and O–H groups in total. The second-order valence-electron chi connectivity index (χ2n) is 4.41. The van der Waals surface area contributed by atoms with Crippen LogP contribution >= 0.6 is 0 Å². The fraction of sp³-hybridized carbons (Fsp3) is 0.500. The number of nitrogen functional groups attached to an aromatic ring is 1. The van der Waals surface area contributed by atoms with Crippen molar-refractivity contribution in [1.29, 1.82) is 0 Å². The minimum Gasteiger partial charge on any atom is -0.432 e. The van der Waals surface area contributed by atoms with Crippen molar-refractivity contribution in [2.24, 2.45) is 5.92 Å². The molecule has 1 aromatic rings. The van der Waals surface area contributed by atoms with Crippen LogP contribution in [0, 0.1) is 11.7 Å². The van der Waals surface area contributed by atoms with E-state index in [1.807, 2.05) is 0 Å². The zero-order chi connectivity index (χ0) is 13.1. The van der Waals surface area contributed by atoms with E-state index in [1.165, 1.54) is 18.9 Å². The summed E-state index contributed by atoms with van der Waals surface area (Å²) in [7, 11) is 0. The first-order valence-electron chi connectivity index (χ1n) is 5.84. The summed E-state index contributed by atoms with van der Waals surface area (Å²) >= 11 is 0. The van der Waals surface area contributed by atoms with Crippen molar-refractivity contribution in [2.45, 2.75) is 25.9 Å². The van der Waals surface area contributed by atoms with Gasteiger partial charge in [0, 0.05) is 18.7 Å². The van der Waals surface area contributed by atoms with Gasteiger partial charge in [0.1, 0.15) is 0 Å².